The van der Waals surface area contributed by atoms with Gasteiger partial charge in [0, 0.05) is 5.56 Å². The van der Waals surface area contributed by atoms with Crippen LogP contribution < -0.4 is 10.1 Å². The Balaban J connectivity index is 1.72. The third-order valence-electron chi connectivity index (χ3n) is 3.24. The molecule has 108 valence electrons. The maximum atomic E-state index is 12.3. The lowest BCUT2D eigenvalue weighted by atomic mass is 10.1. The van der Waals surface area contributed by atoms with Crippen molar-refractivity contribution in [2.45, 2.75) is 13.0 Å². The highest BCUT2D eigenvalue weighted by Crippen LogP contribution is 2.25. The van der Waals surface area contributed by atoms with Crippen molar-refractivity contribution in [3.63, 3.8) is 0 Å². The Kier molecular flexibility index (Phi) is 3.88. The first-order valence-corrected chi connectivity index (χ1v) is 6.94. The van der Waals surface area contributed by atoms with Crippen LogP contribution in [-0.4, -0.2) is 25.2 Å². The number of ether oxygens (including phenoxy) is 2. The normalized spacial score (nSPS) is 16.3. The third kappa shape index (κ3) is 3.61. The average Bonchev–Trinajstić information content (AvgIpc) is 3.30. The molecular formula is C17H17NO3. The molecule has 1 unspecified atom stereocenters. The highest BCUT2D eigenvalue weighted by Gasteiger charge is 2.23. The van der Waals surface area contributed by atoms with Crippen molar-refractivity contribution in [1.82, 2.24) is 0 Å². The van der Waals surface area contributed by atoms with Crippen LogP contribution in [0.5, 0.6) is 5.75 Å². The van der Waals surface area contributed by atoms with E-state index in [9.17, 15) is 4.79 Å². The number of amides is 1. The van der Waals surface area contributed by atoms with Gasteiger partial charge in [0.05, 0.1) is 12.3 Å². The highest BCUT2D eigenvalue weighted by molar-refractivity contribution is 6.05. The minimum Gasteiger partial charge on any atom is -0.489 e. The number of nitrogens with one attached hydrogen (secondary N) is 1. The topological polar surface area (TPSA) is 50.9 Å². The van der Waals surface area contributed by atoms with Crippen LogP contribution in [0.15, 0.2) is 48.5 Å². The SMILES string of the molecule is Cc1cccc(C(=O)Nc2ccccc2OCC2CO2)c1. The predicted molar refractivity (Wildman–Crippen MR) is 80.8 cm³/mol. The monoisotopic (exact) mass is 283 g/mol. The van der Waals surface area contributed by atoms with Crippen LogP contribution in [0.1, 0.15) is 15.9 Å². The number of anilines is 1. The van der Waals surface area contributed by atoms with Gasteiger partial charge in [0.25, 0.3) is 5.91 Å². The quantitative estimate of drug-likeness (QED) is 0.858. The van der Waals surface area contributed by atoms with Crippen LogP contribution >= 0.6 is 0 Å². The molecule has 1 N–H and O–H groups in total. The molecule has 1 fully saturated rings. The summed E-state index contributed by atoms with van der Waals surface area (Å²) in [5.41, 5.74) is 2.36. The van der Waals surface area contributed by atoms with Gasteiger partial charge in [-0.3, -0.25) is 4.79 Å². The maximum Gasteiger partial charge on any atom is 0.255 e. The fourth-order valence-electron chi connectivity index (χ4n) is 2.02. The van der Waals surface area contributed by atoms with Gasteiger partial charge in [-0.15, -0.1) is 0 Å². The molecule has 1 amide bonds. The number of benzene rings is 2. The standard InChI is InChI=1S/C17H17NO3/c1-12-5-4-6-13(9-12)17(19)18-15-7-2-3-8-16(15)21-11-14-10-20-14/h2-9,14H,10-11H2,1H3,(H,18,19). The summed E-state index contributed by atoms with van der Waals surface area (Å²) in [5.74, 6) is 0.520. The molecule has 0 spiro atoms. The van der Waals surface area contributed by atoms with E-state index < -0.39 is 0 Å². The summed E-state index contributed by atoms with van der Waals surface area (Å²) in [6.45, 7) is 3.22. The number of para-hydroxylation sites is 2. The molecule has 1 aliphatic rings. The van der Waals surface area contributed by atoms with Crippen LogP contribution in [-0.2, 0) is 4.74 Å². The summed E-state index contributed by atoms with van der Waals surface area (Å²) >= 11 is 0. The first-order chi connectivity index (χ1) is 10.2. The largest absolute Gasteiger partial charge is 0.489 e. The predicted octanol–water partition coefficient (Wildman–Crippen LogP) is 3.02. The Labute approximate surface area is 123 Å². The van der Waals surface area contributed by atoms with E-state index in [0.29, 0.717) is 23.6 Å². The van der Waals surface area contributed by atoms with E-state index in [-0.39, 0.29) is 12.0 Å². The highest BCUT2D eigenvalue weighted by atomic mass is 16.6. The fourth-order valence-corrected chi connectivity index (χ4v) is 2.02. The lowest BCUT2D eigenvalue weighted by molar-refractivity contribution is 0.102. The van der Waals surface area contributed by atoms with Crippen LogP contribution in [0.3, 0.4) is 0 Å². The summed E-state index contributed by atoms with van der Waals surface area (Å²) < 4.78 is 10.8. The van der Waals surface area contributed by atoms with Crippen molar-refractivity contribution in [2.75, 3.05) is 18.5 Å². The Bertz CT molecular complexity index is 650. The number of aryl methyl sites for hydroxylation is 1. The van der Waals surface area contributed by atoms with E-state index >= 15 is 0 Å². The molecule has 0 aliphatic carbocycles. The van der Waals surface area contributed by atoms with Crippen molar-refractivity contribution >= 4 is 11.6 Å². The van der Waals surface area contributed by atoms with Gasteiger partial charge in [-0.2, -0.15) is 0 Å². The Hall–Kier alpha value is -2.33. The molecule has 4 heteroatoms. The van der Waals surface area contributed by atoms with Crippen molar-refractivity contribution in [2.24, 2.45) is 0 Å². The Morgan fingerprint density at radius 3 is 2.86 bits per heavy atom. The molecule has 2 aromatic carbocycles. The first kappa shape index (κ1) is 13.6. The van der Waals surface area contributed by atoms with Crippen LogP contribution in [0.25, 0.3) is 0 Å². The Morgan fingerprint density at radius 2 is 2.10 bits per heavy atom. The summed E-state index contributed by atoms with van der Waals surface area (Å²) in [6, 6.07) is 14.9. The van der Waals surface area contributed by atoms with Gasteiger partial charge in [0.1, 0.15) is 18.5 Å². The molecule has 0 bridgehead atoms. The molecular weight excluding hydrogens is 266 g/mol. The first-order valence-electron chi connectivity index (χ1n) is 6.94. The molecule has 0 aromatic heterocycles. The second-order valence-corrected chi connectivity index (χ2v) is 5.09. The number of hydrogen-bond donors (Lipinski definition) is 1. The van der Waals surface area contributed by atoms with E-state index in [2.05, 4.69) is 5.32 Å². The molecule has 1 atom stereocenters. The molecule has 2 aromatic rings. The van der Waals surface area contributed by atoms with Gasteiger partial charge >= 0.3 is 0 Å². The zero-order valence-electron chi connectivity index (χ0n) is 11.8. The Morgan fingerprint density at radius 1 is 1.29 bits per heavy atom. The zero-order chi connectivity index (χ0) is 14.7. The summed E-state index contributed by atoms with van der Waals surface area (Å²) in [6.07, 6.45) is 0.186. The van der Waals surface area contributed by atoms with Crippen LogP contribution in [0.4, 0.5) is 5.69 Å². The molecule has 1 aliphatic heterocycles. The maximum absolute atomic E-state index is 12.3. The summed E-state index contributed by atoms with van der Waals surface area (Å²) in [5, 5.41) is 2.89. The van der Waals surface area contributed by atoms with Crippen molar-refractivity contribution in [1.29, 1.82) is 0 Å². The molecule has 1 heterocycles. The number of hydrogen-bond acceptors (Lipinski definition) is 3. The van der Waals surface area contributed by atoms with Crippen molar-refractivity contribution < 1.29 is 14.3 Å². The minimum atomic E-state index is -0.141. The molecule has 1 saturated heterocycles. The van der Waals surface area contributed by atoms with Gasteiger partial charge in [-0.1, -0.05) is 29.8 Å². The smallest absolute Gasteiger partial charge is 0.255 e. The van der Waals surface area contributed by atoms with Gasteiger partial charge in [-0.25, -0.2) is 0 Å². The van der Waals surface area contributed by atoms with Crippen molar-refractivity contribution in [3.05, 3.63) is 59.7 Å². The molecule has 0 saturated carbocycles. The lowest BCUT2D eigenvalue weighted by Crippen LogP contribution is -2.14. The molecule has 4 nitrogen and oxygen atoms in total. The van der Waals surface area contributed by atoms with E-state index in [0.717, 1.165) is 12.2 Å². The lowest BCUT2D eigenvalue weighted by Gasteiger charge is -2.12. The summed E-state index contributed by atoms with van der Waals surface area (Å²) in [7, 11) is 0. The van der Waals surface area contributed by atoms with Gasteiger partial charge in [0.15, 0.2) is 0 Å². The molecule has 0 radical (unpaired) electrons. The fraction of sp³-hybridized carbons (Fsp3) is 0.235. The second-order valence-electron chi connectivity index (χ2n) is 5.09. The van der Waals surface area contributed by atoms with Crippen LogP contribution in [0.2, 0.25) is 0 Å². The summed E-state index contributed by atoms with van der Waals surface area (Å²) in [4.78, 5) is 12.3. The second kappa shape index (κ2) is 5.97. The number of carbonyl (C=O) groups is 1. The zero-order valence-corrected chi connectivity index (χ0v) is 11.8. The minimum absolute atomic E-state index is 0.141. The van der Waals surface area contributed by atoms with Crippen molar-refractivity contribution in [3.8, 4) is 5.75 Å². The van der Waals surface area contributed by atoms with E-state index in [1.807, 2.05) is 49.4 Å². The van der Waals surface area contributed by atoms with Gasteiger partial charge in [0.2, 0.25) is 0 Å². The number of rotatable bonds is 5. The van der Waals surface area contributed by atoms with Crippen LogP contribution in [0, 0.1) is 6.92 Å². The molecule has 21 heavy (non-hydrogen) atoms. The number of carbonyl (C=O) groups excluding carboxylic acids is 1. The van der Waals surface area contributed by atoms with Gasteiger partial charge in [-0.05, 0) is 31.2 Å². The number of epoxide rings is 1. The van der Waals surface area contributed by atoms with E-state index in [1.54, 1.807) is 6.07 Å². The molecule has 3 rings (SSSR count). The van der Waals surface area contributed by atoms with E-state index in [4.69, 9.17) is 9.47 Å². The van der Waals surface area contributed by atoms with Gasteiger partial charge < -0.3 is 14.8 Å². The average molecular weight is 283 g/mol. The van der Waals surface area contributed by atoms with E-state index in [1.165, 1.54) is 0 Å². The third-order valence-corrected chi connectivity index (χ3v) is 3.24.